The Balaban J connectivity index is 2.53. The third-order valence-corrected chi connectivity index (χ3v) is 2.56. The van der Waals surface area contributed by atoms with Crippen LogP contribution in [0, 0.1) is 5.41 Å². The number of hydrogen-bond acceptors (Lipinski definition) is 1. The van der Waals surface area contributed by atoms with Crippen LogP contribution < -0.4 is 0 Å². The molecular formula is C12H17N2+. The number of fused-ring (bicyclic) bond motifs is 1. The lowest BCUT2D eigenvalue weighted by Crippen LogP contribution is -2.33. The fourth-order valence-electron chi connectivity index (χ4n) is 2.18. The van der Waals surface area contributed by atoms with Crippen molar-refractivity contribution in [1.82, 2.24) is 0 Å². The molecule has 0 saturated carbocycles. The minimum Gasteiger partial charge on any atom is -0.212 e. The first-order valence-corrected chi connectivity index (χ1v) is 5.06. The van der Waals surface area contributed by atoms with Crippen molar-refractivity contribution in [2.45, 2.75) is 33.9 Å². The van der Waals surface area contributed by atoms with Gasteiger partial charge >= 0.3 is 0 Å². The van der Waals surface area contributed by atoms with Gasteiger partial charge in [-0.2, -0.15) is 4.58 Å². The van der Waals surface area contributed by atoms with Gasteiger partial charge in [-0.1, -0.05) is 26.8 Å². The minimum absolute atomic E-state index is 0.165. The second kappa shape index (κ2) is 2.91. The fraction of sp³-hybridized carbons (Fsp3) is 0.500. The maximum Gasteiger partial charge on any atom is 0.271 e. The van der Waals surface area contributed by atoms with E-state index in [1.807, 2.05) is 0 Å². The van der Waals surface area contributed by atoms with Gasteiger partial charge in [0.05, 0.1) is 0 Å². The van der Waals surface area contributed by atoms with Gasteiger partial charge in [-0.3, -0.25) is 0 Å². The molecule has 0 saturated heterocycles. The first-order chi connectivity index (χ1) is 6.50. The number of nitrogens with zero attached hydrogens (tertiary/aromatic N) is 2. The molecule has 1 unspecified atom stereocenters. The quantitative estimate of drug-likeness (QED) is 0.520. The van der Waals surface area contributed by atoms with Crippen LogP contribution in [0.3, 0.4) is 0 Å². The largest absolute Gasteiger partial charge is 0.271 e. The monoisotopic (exact) mass is 189 g/mol. The average molecular weight is 189 g/mol. The molecule has 0 aromatic rings. The molecule has 2 heterocycles. The Kier molecular flexibility index (Phi) is 1.95. The van der Waals surface area contributed by atoms with Gasteiger partial charge in [0.15, 0.2) is 6.20 Å². The highest BCUT2D eigenvalue weighted by atomic mass is 15.2. The standard InChI is InChI=1S/C12H17N2/c1-9-11(12(2,3)4)14-8-6-5-7-10(14)13-9/h5-8,10H,1-4H3/q+1. The molecule has 0 aromatic heterocycles. The van der Waals surface area contributed by atoms with Gasteiger partial charge in [0.25, 0.3) is 6.17 Å². The first-order valence-electron chi connectivity index (χ1n) is 5.06. The second-order valence-corrected chi connectivity index (χ2v) is 4.86. The van der Waals surface area contributed by atoms with Crippen LogP contribution in [0.25, 0.3) is 0 Å². The molecule has 2 heteroatoms. The van der Waals surface area contributed by atoms with Crippen molar-refractivity contribution in [3.63, 3.8) is 0 Å². The van der Waals surface area contributed by atoms with Crippen molar-refractivity contribution in [2.75, 3.05) is 0 Å². The predicted octanol–water partition coefficient (Wildman–Crippen LogP) is 2.37. The van der Waals surface area contributed by atoms with E-state index in [0.717, 1.165) is 0 Å². The van der Waals surface area contributed by atoms with Gasteiger partial charge in [0.2, 0.25) is 5.71 Å². The van der Waals surface area contributed by atoms with E-state index >= 15 is 0 Å². The number of aliphatic imine (C=N–C) groups is 1. The Morgan fingerprint density at radius 1 is 1.29 bits per heavy atom. The highest BCUT2D eigenvalue weighted by molar-refractivity contribution is 6.41. The molecule has 2 nitrogen and oxygen atoms in total. The summed E-state index contributed by atoms with van der Waals surface area (Å²) in [6.45, 7) is 8.79. The van der Waals surface area contributed by atoms with Crippen molar-refractivity contribution < 1.29 is 4.58 Å². The van der Waals surface area contributed by atoms with Gasteiger partial charge in [-0.05, 0) is 6.92 Å². The summed E-state index contributed by atoms with van der Waals surface area (Å²) in [5, 5.41) is 0. The molecule has 0 bridgehead atoms. The summed E-state index contributed by atoms with van der Waals surface area (Å²) in [6.07, 6.45) is 8.57. The van der Waals surface area contributed by atoms with Crippen molar-refractivity contribution >= 4 is 11.4 Å². The van der Waals surface area contributed by atoms with E-state index in [2.05, 4.69) is 61.7 Å². The normalized spacial score (nSPS) is 25.4. The van der Waals surface area contributed by atoms with Crippen LogP contribution in [0.2, 0.25) is 0 Å². The molecule has 14 heavy (non-hydrogen) atoms. The van der Waals surface area contributed by atoms with E-state index in [9.17, 15) is 0 Å². The molecule has 2 aliphatic rings. The zero-order valence-electron chi connectivity index (χ0n) is 9.28. The first kappa shape index (κ1) is 9.38. The van der Waals surface area contributed by atoms with Crippen LogP contribution in [-0.2, 0) is 0 Å². The van der Waals surface area contributed by atoms with Gasteiger partial charge < -0.3 is 0 Å². The summed E-state index contributed by atoms with van der Waals surface area (Å²) in [4.78, 5) is 4.63. The lowest BCUT2D eigenvalue weighted by molar-refractivity contribution is -0.483. The smallest absolute Gasteiger partial charge is 0.212 e. The van der Waals surface area contributed by atoms with Crippen molar-refractivity contribution in [3.05, 3.63) is 24.4 Å². The molecule has 0 N–H and O–H groups in total. The Morgan fingerprint density at radius 2 is 2.00 bits per heavy atom. The summed E-state index contributed by atoms with van der Waals surface area (Å²) in [5.74, 6) is 0. The molecule has 74 valence electrons. The molecular weight excluding hydrogens is 172 g/mol. The van der Waals surface area contributed by atoms with Crippen LogP contribution >= 0.6 is 0 Å². The predicted molar refractivity (Wildman–Crippen MR) is 59.9 cm³/mol. The lowest BCUT2D eigenvalue weighted by atomic mass is 9.87. The van der Waals surface area contributed by atoms with Crippen molar-refractivity contribution in [3.8, 4) is 0 Å². The van der Waals surface area contributed by atoms with E-state index in [4.69, 9.17) is 0 Å². The fourth-order valence-corrected chi connectivity index (χ4v) is 2.18. The molecule has 0 radical (unpaired) electrons. The summed E-state index contributed by atoms with van der Waals surface area (Å²) in [5.41, 5.74) is 2.67. The highest BCUT2D eigenvalue weighted by Crippen LogP contribution is 2.24. The van der Waals surface area contributed by atoms with Crippen LogP contribution in [-0.4, -0.2) is 22.2 Å². The molecule has 0 spiro atoms. The van der Waals surface area contributed by atoms with Crippen LogP contribution in [0.4, 0.5) is 0 Å². The average Bonchev–Trinajstić information content (AvgIpc) is 2.38. The number of allylic oxidation sites excluding steroid dienone is 2. The maximum absolute atomic E-state index is 4.63. The molecule has 0 aromatic carbocycles. The Bertz CT molecular complexity index is 376. The second-order valence-electron chi connectivity index (χ2n) is 4.86. The number of rotatable bonds is 0. The zero-order chi connectivity index (χ0) is 10.3. The van der Waals surface area contributed by atoms with E-state index < -0.39 is 0 Å². The zero-order valence-corrected chi connectivity index (χ0v) is 9.28. The molecule has 2 rings (SSSR count). The third-order valence-electron chi connectivity index (χ3n) is 2.56. The molecule has 0 fully saturated rings. The summed E-state index contributed by atoms with van der Waals surface area (Å²) < 4.78 is 2.26. The minimum atomic E-state index is 0.165. The summed E-state index contributed by atoms with van der Waals surface area (Å²) >= 11 is 0. The Hall–Kier alpha value is -1.18. The molecule has 0 amide bonds. The Labute approximate surface area is 85.4 Å². The van der Waals surface area contributed by atoms with Crippen LogP contribution in [0.15, 0.2) is 29.4 Å². The van der Waals surface area contributed by atoms with Crippen LogP contribution in [0.5, 0.6) is 0 Å². The number of hydrogen-bond donors (Lipinski definition) is 0. The van der Waals surface area contributed by atoms with E-state index in [1.165, 1.54) is 11.4 Å². The van der Waals surface area contributed by atoms with Gasteiger partial charge in [0, 0.05) is 17.6 Å². The highest BCUT2D eigenvalue weighted by Gasteiger charge is 2.38. The summed E-state index contributed by atoms with van der Waals surface area (Å²) in [7, 11) is 0. The Morgan fingerprint density at radius 3 is 2.64 bits per heavy atom. The molecule has 1 atom stereocenters. The van der Waals surface area contributed by atoms with E-state index in [-0.39, 0.29) is 11.6 Å². The topological polar surface area (TPSA) is 15.4 Å². The van der Waals surface area contributed by atoms with Crippen LogP contribution in [0.1, 0.15) is 27.7 Å². The molecule has 2 aliphatic heterocycles. The third kappa shape index (κ3) is 1.35. The maximum atomic E-state index is 4.63. The summed E-state index contributed by atoms with van der Waals surface area (Å²) in [6, 6.07) is 0. The lowest BCUT2D eigenvalue weighted by Gasteiger charge is -2.16. The van der Waals surface area contributed by atoms with Crippen molar-refractivity contribution in [1.29, 1.82) is 0 Å². The SMILES string of the molecule is CC1=NC2C=CC=C[N+]2=C1C(C)(C)C. The van der Waals surface area contributed by atoms with Gasteiger partial charge in [0.1, 0.15) is 5.71 Å². The van der Waals surface area contributed by atoms with E-state index in [1.54, 1.807) is 0 Å². The van der Waals surface area contributed by atoms with Crippen molar-refractivity contribution in [2.24, 2.45) is 10.4 Å². The molecule has 0 aliphatic carbocycles. The van der Waals surface area contributed by atoms with Gasteiger partial charge in [-0.15, -0.1) is 0 Å². The van der Waals surface area contributed by atoms with E-state index in [0.29, 0.717) is 0 Å². The van der Waals surface area contributed by atoms with Gasteiger partial charge in [-0.25, -0.2) is 4.99 Å².